The molecule has 1 heterocycles. The van der Waals surface area contributed by atoms with Gasteiger partial charge >= 0.3 is 11.7 Å². The molecule has 1 unspecified atom stereocenters. The van der Waals surface area contributed by atoms with Crippen LogP contribution in [0.25, 0.3) is 0 Å². The maximum atomic E-state index is 12.1. The third-order valence-corrected chi connectivity index (χ3v) is 3.63. The van der Waals surface area contributed by atoms with Crippen molar-refractivity contribution < 1.29 is 9.90 Å². The van der Waals surface area contributed by atoms with Gasteiger partial charge in [0, 0.05) is 23.0 Å². The van der Waals surface area contributed by atoms with Gasteiger partial charge in [-0.15, -0.1) is 0 Å². The SMILES string of the molecule is Cc1nc(=O)n(C(C)CCC(C)C)c(C)c1CC(=O)O. The van der Waals surface area contributed by atoms with Crippen molar-refractivity contribution in [1.82, 2.24) is 9.55 Å². The first-order valence-corrected chi connectivity index (χ1v) is 7.04. The topological polar surface area (TPSA) is 72.2 Å². The Kier molecular flexibility index (Phi) is 5.48. The molecule has 0 aromatic carbocycles. The highest BCUT2D eigenvalue weighted by Gasteiger charge is 2.17. The molecule has 0 amide bonds. The van der Waals surface area contributed by atoms with E-state index >= 15 is 0 Å². The van der Waals surface area contributed by atoms with Crippen molar-refractivity contribution in [3.05, 3.63) is 27.4 Å². The molecule has 0 radical (unpaired) electrons. The van der Waals surface area contributed by atoms with E-state index in [-0.39, 0.29) is 18.2 Å². The molecule has 0 spiro atoms. The highest BCUT2D eigenvalue weighted by molar-refractivity contribution is 5.70. The molecular weight excluding hydrogens is 256 g/mol. The summed E-state index contributed by atoms with van der Waals surface area (Å²) in [5.41, 5.74) is 1.60. The molecular formula is C15H24N2O3. The van der Waals surface area contributed by atoms with Gasteiger partial charge in [0.2, 0.25) is 0 Å². The van der Waals surface area contributed by atoms with Gasteiger partial charge in [-0.2, -0.15) is 4.98 Å². The highest BCUT2D eigenvalue weighted by Crippen LogP contribution is 2.19. The molecule has 1 aromatic rings. The summed E-state index contributed by atoms with van der Waals surface area (Å²) in [6, 6.07) is 0.0329. The van der Waals surface area contributed by atoms with Crippen LogP contribution >= 0.6 is 0 Å². The predicted octanol–water partition coefficient (Wildman–Crippen LogP) is 2.48. The second-order valence-corrected chi connectivity index (χ2v) is 5.80. The molecule has 1 N–H and O–H groups in total. The number of aliphatic carboxylic acids is 1. The minimum Gasteiger partial charge on any atom is -0.481 e. The molecule has 0 fully saturated rings. The fourth-order valence-corrected chi connectivity index (χ4v) is 2.45. The summed E-state index contributed by atoms with van der Waals surface area (Å²) in [5.74, 6) is -0.330. The Morgan fingerprint density at radius 2 is 1.85 bits per heavy atom. The van der Waals surface area contributed by atoms with Crippen LogP contribution in [0.2, 0.25) is 0 Å². The lowest BCUT2D eigenvalue weighted by molar-refractivity contribution is -0.136. The third-order valence-electron chi connectivity index (χ3n) is 3.63. The van der Waals surface area contributed by atoms with E-state index in [0.717, 1.165) is 18.5 Å². The van der Waals surface area contributed by atoms with E-state index in [4.69, 9.17) is 5.11 Å². The van der Waals surface area contributed by atoms with E-state index in [2.05, 4.69) is 18.8 Å². The molecule has 0 saturated carbocycles. The average molecular weight is 280 g/mol. The quantitative estimate of drug-likeness (QED) is 0.869. The van der Waals surface area contributed by atoms with Crippen LogP contribution in [0, 0.1) is 19.8 Å². The number of carboxylic acids is 1. The van der Waals surface area contributed by atoms with E-state index in [9.17, 15) is 9.59 Å². The first-order valence-electron chi connectivity index (χ1n) is 7.04. The van der Waals surface area contributed by atoms with Gasteiger partial charge in [0.25, 0.3) is 0 Å². The van der Waals surface area contributed by atoms with Crippen LogP contribution in [0.15, 0.2) is 4.79 Å². The zero-order chi connectivity index (χ0) is 15.4. The van der Waals surface area contributed by atoms with E-state index in [1.807, 2.05) is 6.92 Å². The molecule has 5 nitrogen and oxygen atoms in total. The van der Waals surface area contributed by atoms with Crippen LogP contribution in [-0.2, 0) is 11.2 Å². The Labute approximate surface area is 119 Å². The molecule has 0 bridgehead atoms. The predicted molar refractivity (Wildman–Crippen MR) is 78.1 cm³/mol. The van der Waals surface area contributed by atoms with Gasteiger partial charge in [-0.1, -0.05) is 13.8 Å². The third kappa shape index (κ3) is 3.92. The number of hydrogen-bond acceptors (Lipinski definition) is 3. The molecule has 1 aromatic heterocycles. The second kappa shape index (κ2) is 6.68. The smallest absolute Gasteiger partial charge is 0.348 e. The van der Waals surface area contributed by atoms with Crippen LogP contribution in [0.4, 0.5) is 0 Å². The number of rotatable bonds is 6. The van der Waals surface area contributed by atoms with Gasteiger partial charge in [0.15, 0.2) is 0 Å². The Balaban J connectivity index is 3.19. The van der Waals surface area contributed by atoms with E-state index in [0.29, 0.717) is 17.2 Å². The molecule has 5 heteroatoms. The molecule has 20 heavy (non-hydrogen) atoms. The molecule has 0 aliphatic carbocycles. The number of carboxylic acid groups (broad SMARTS) is 1. The Hall–Kier alpha value is -1.65. The second-order valence-electron chi connectivity index (χ2n) is 5.80. The minimum absolute atomic E-state index is 0.0329. The van der Waals surface area contributed by atoms with Crippen LogP contribution < -0.4 is 5.69 Å². The number of aryl methyl sites for hydroxylation is 1. The van der Waals surface area contributed by atoms with Gasteiger partial charge in [-0.25, -0.2) is 4.79 Å². The van der Waals surface area contributed by atoms with Gasteiger partial charge in [0.05, 0.1) is 6.42 Å². The Morgan fingerprint density at radius 3 is 2.35 bits per heavy atom. The van der Waals surface area contributed by atoms with E-state index in [1.165, 1.54) is 0 Å². The lowest BCUT2D eigenvalue weighted by Crippen LogP contribution is -2.31. The largest absolute Gasteiger partial charge is 0.481 e. The maximum Gasteiger partial charge on any atom is 0.348 e. The summed E-state index contributed by atoms with van der Waals surface area (Å²) in [4.78, 5) is 27.0. The van der Waals surface area contributed by atoms with Gasteiger partial charge in [-0.05, 0) is 39.5 Å². The lowest BCUT2D eigenvalue weighted by atomic mass is 10.0. The summed E-state index contributed by atoms with van der Waals surface area (Å²) in [6.45, 7) is 9.77. The van der Waals surface area contributed by atoms with Gasteiger partial charge < -0.3 is 5.11 Å². The van der Waals surface area contributed by atoms with Gasteiger partial charge in [0.1, 0.15) is 0 Å². The zero-order valence-corrected chi connectivity index (χ0v) is 12.9. The molecule has 1 rings (SSSR count). The van der Waals surface area contributed by atoms with E-state index < -0.39 is 5.97 Å². The number of aromatic nitrogens is 2. The Morgan fingerprint density at radius 1 is 1.25 bits per heavy atom. The number of hydrogen-bond donors (Lipinski definition) is 1. The first-order chi connectivity index (χ1) is 9.23. The summed E-state index contributed by atoms with van der Waals surface area (Å²) >= 11 is 0. The Bertz CT molecular complexity index is 547. The van der Waals surface area contributed by atoms with Crippen LogP contribution in [0.5, 0.6) is 0 Å². The van der Waals surface area contributed by atoms with Crippen molar-refractivity contribution in [3.63, 3.8) is 0 Å². The molecule has 0 saturated heterocycles. The van der Waals surface area contributed by atoms with Crippen molar-refractivity contribution in [3.8, 4) is 0 Å². The van der Waals surface area contributed by atoms with Crippen LogP contribution in [0.1, 0.15) is 56.6 Å². The van der Waals surface area contributed by atoms with Crippen molar-refractivity contribution in [2.24, 2.45) is 5.92 Å². The summed E-state index contributed by atoms with van der Waals surface area (Å²) < 4.78 is 1.63. The monoisotopic (exact) mass is 280 g/mol. The fraction of sp³-hybridized carbons (Fsp3) is 0.667. The minimum atomic E-state index is -0.905. The molecule has 0 aliphatic heterocycles. The fourth-order valence-electron chi connectivity index (χ4n) is 2.45. The van der Waals surface area contributed by atoms with E-state index in [1.54, 1.807) is 18.4 Å². The summed E-state index contributed by atoms with van der Waals surface area (Å²) in [7, 11) is 0. The zero-order valence-electron chi connectivity index (χ0n) is 12.9. The van der Waals surface area contributed by atoms with Crippen molar-refractivity contribution >= 4 is 5.97 Å². The number of carbonyl (C=O) groups is 1. The standard InChI is InChI=1S/C15H24N2O3/c1-9(2)6-7-10(3)17-12(5)13(8-14(18)19)11(4)16-15(17)20/h9-10H,6-8H2,1-5H3,(H,18,19). The summed E-state index contributed by atoms with van der Waals surface area (Å²) in [6.07, 6.45) is 1.81. The van der Waals surface area contributed by atoms with Crippen molar-refractivity contribution in [2.45, 2.75) is 59.9 Å². The maximum absolute atomic E-state index is 12.1. The number of nitrogens with zero attached hydrogens (tertiary/aromatic N) is 2. The lowest BCUT2D eigenvalue weighted by Gasteiger charge is -2.21. The summed E-state index contributed by atoms with van der Waals surface area (Å²) in [5, 5.41) is 8.98. The average Bonchev–Trinajstić information content (AvgIpc) is 2.31. The molecule has 1 atom stereocenters. The molecule has 112 valence electrons. The van der Waals surface area contributed by atoms with Gasteiger partial charge in [-0.3, -0.25) is 9.36 Å². The highest BCUT2D eigenvalue weighted by atomic mass is 16.4. The van der Waals surface area contributed by atoms with Crippen LogP contribution in [-0.4, -0.2) is 20.6 Å². The van der Waals surface area contributed by atoms with Crippen molar-refractivity contribution in [1.29, 1.82) is 0 Å². The van der Waals surface area contributed by atoms with Crippen molar-refractivity contribution in [2.75, 3.05) is 0 Å². The molecule has 0 aliphatic rings. The normalized spacial score (nSPS) is 12.7. The first kappa shape index (κ1) is 16.4. The van der Waals surface area contributed by atoms with Crippen LogP contribution in [0.3, 0.4) is 0 Å².